The van der Waals surface area contributed by atoms with E-state index < -0.39 is 0 Å². The lowest BCUT2D eigenvalue weighted by Crippen LogP contribution is -2.04. The zero-order chi connectivity index (χ0) is 14.2. The van der Waals surface area contributed by atoms with E-state index >= 15 is 0 Å². The van der Waals surface area contributed by atoms with E-state index in [0.717, 1.165) is 34.8 Å². The Morgan fingerprint density at radius 3 is 2.70 bits per heavy atom. The average molecular weight is 335 g/mol. The lowest BCUT2D eigenvalue weighted by atomic mass is 10.2. The molecular weight excluding hydrogens is 316 g/mol. The Balaban J connectivity index is 1.97. The molecule has 106 valence electrons. The van der Waals surface area contributed by atoms with E-state index in [0.29, 0.717) is 0 Å². The molecule has 0 saturated heterocycles. The number of halogens is 1. The summed E-state index contributed by atoms with van der Waals surface area (Å²) in [6.45, 7) is 3.14. The fourth-order valence-corrected chi connectivity index (χ4v) is 2.20. The SMILES string of the molecule is CCCCCNc1cc(Nc2ccccc2Br)ncn1. The summed E-state index contributed by atoms with van der Waals surface area (Å²) in [6, 6.07) is 9.88. The van der Waals surface area contributed by atoms with E-state index in [1.165, 1.54) is 12.8 Å². The van der Waals surface area contributed by atoms with Gasteiger partial charge in [-0.1, -0.05) is 31.9 Å². The van der Waals surface area contributed by atoms with E-state index in [1.54, 1.807) is 6.33 Å². The molecule has 1 aromatic heterocycles. The van der Waals surface area contributed by atoms with Gasteiger partial charge >= 0.3 is 0 Å². The summed E-state index contributed by atoms with van der Waals surface area (Å²) in [6.07, 6.45) is 5.19. The van der Waals surface area contributed by atoms with Crippen LogP contribution in [-0.2, 0) is 0 Å². The number of nitrogens with zero attached hydrogens (tertiary/aromatic N) is 2. The molecule has 1 heterocycles. The maximum absolute atomic E-state index is 4.24. The summed E-state index contributed by atoms with van der Waals surface area (Å²) < 4.78 is 1.01. The van der Waals surface area contributed by atoms with Crippen LogP contribution < -0.4 is 10.6 Å². The Morgan fingerprint density at radius 2 is 1.90 bits per heavy atom. The Hall–Kier alpha value is -1.62. The van der Waals surface area contributed by atoms with E-state index in [9.17, 15) is 0 Å². The molecule has 0 fully saturated rings. The number of hydrogen-bond acceptors (Lipinski definition) is 4. The number of benzene rings is 1. The van der Waals surface area contributed by atoms with Crippen molar-refractivity contribution in [3.8, 4) is 0 Å². The average Bonchev–Trinajstić information content (AvgIpc) is 2.47. The summed E-state index contributed by atoms with van der Waals surface area (Å²) >= 11 is 3.51. The molecule has 4 nitrogen and oxygen atoms in total. The third-order valence-corrected chi connectivity index (χ3v) is 3.58. The van der Waals surface area contributed by atoms with Gasteiger partial charge in [0.2, 0.25) is 0 Å². The summed E-state index contributed by atoms with van der Waals surface area (Å²) in [4.78, 5) is 8.46. The van der Waals surface area contributed by atoms with Gasteiger partial charge in [0.1, 0.15) is 18.0 Å². The highest BCUT2D eigenvalue weighted by Crippen LogP contribution is 2.24. The lowest BCUT2D eigenvalue weighted by molar-refractivity contribution is 0.742. The Labute approximate surface area is 128 Å². The normalized spacial score (nSPS) is 10.3. The predicted molar refractivity (Wildman–Crippen MR) is 87.5 cm³/mol. The van der Waals surface area contributed by atoms with Crippen molar-refractivity contribution in [2.45, 2.75) is 26.2 Å². The first-order valence-electron chi connectivity index (χ1n) is 6.87. The molecule has 5 heteroatoms. The van der Waals surface area contributed by atoms with Crippen molar-refractivity contribution in [3.05, 3.63) is 41.1 Å². The third-order valence-electron chi connectivity index (χ3n) is 2.89. The van der Waals surface area contributed by atoms with Crippen LogP contribution in [0.3, 0.4) is 0 Å². The Kier molecular flexibility index (Phi) is 5.80. The molecule has 2 N–H and O–H groups in total. The fraction of sp³-hybridized carbons (Fsp3) is 0.333. The van der Waals surface area contributed by atoms with E-state index in [4.69, 9.17) is 0 Å². The number of nitrogens with one attached hydrogen (secondary N) is 2. The minimum atomic E-state index is 0.782. The molecule has 2 rings (SSSR count). The van der Waals surface area contributed by atoms with Gasteiger partial charge in [-0.15, -0.1) is 0 Å². The molecule has 2 aromatic rings. The van der Waals surface area contributed by atoms with E-state index in [2.05, 4.69) is 43.5 Å². The molecule has 0 spiro atoms. The van der Waals surface area contributed by atoms with Crippen LogP contribution in [0.15, 0.2) is 41.1 Å². The van der Waals surface area contributed by atoms with Crippen LogP contribution in [0.1, 0.15) is 26.2 Å². The maximum atomic E-state index is 4.24. The molecule has 0 aliphatic rings. The molecular formula is C15H19BrN4. The molecule has 0 atom stereocenters. The smallest absolute Gasteiger partial charge is 0.135 e. The van der Waals surface area contributed by atoms with Crippen molar-refractivity contribution in [1.82, 2.24) is 9.97 Å². The van der Waals surface area contributed by atoms with Crippen molar-refractivity contribution in [2.24, 2.45) is 0 Å². The van der Waals surface area contributed by atoms with Crippen molar-refractivity contribution >= 4 is 33.3 Å². The largest absolute Gasteiger partial charge is 0.370 e. The minimum absolute atomic E-state index is 0.782. The van der Waals surface area contributed by atoms with E-state index in [-0.39, 0.29) is 0 Å². The first-order chi connectivity index (χ1) is 9.79. The van der Waals surface area contributed by atoms with Gasteiger partial charge < -0.3 is 10.6 Å². The van der Waals surface area contributed by atoms with Crippen molar-refractivity contribution < 1.29 is 0 Å². The van der Waals surface area contributed by atoms with Crippen LogP contribution in [-0.4, -0.2) is 16.5 Å². The summed E-state index contributed by atoms with van der Waals surface area (Å²) in [7, 11) is 0. The van der Waals surface area contributed by atoms with Crippen LogP contribution in [0, 0.1) is 0 Å². The topological polar surface area (TPSA) is 49.8 Å². The predicted octanol–water partition coefficient (Wildman–Crippen LogP) is 4.58. The van der Waals surface area contributed by atoms with Crippen molar-refractivity contribution in [3.63, 3.8) is 0 Å². The highest BCUT2D eigenvalue weighted by atomic mass is 79.9. The molecule has 0 bridgehead atoms. The Bertz CT molecular complexity index is 545. The second-order valence-electron chi connectivity index (χ2n) is 4.53. The number of anilines is 3. The fourth-order valence-electron chi connectivity index (χ4n) is 1.81. The molecule has 0 saturated carbocycles. The van der Waals surface area contributed by atoms with Gasteiger partial charge in [0.15, 0.2) is 0 Å². The molecule has 0 aliphatic carbocycles. The number of unbranched alkanes of at least 4 members (excludes halogenated alkanes) is 2. The maximum Gasteiger partial charge on any atom is 0.135 e. The molecule has 0 amide bonds. The van der Waals surface area contributed by atoms with Crippen LogP contribution in [0.5, 0.6) is 0 Å². The van der Waals surface area contributed by atoms with Gasteiger partial charge in [-0.2, -0.15) is 0 Å². The monoisotopic (exact) mass is 334 g/mol. The van der Waals surface area contributed by atoms with Gasteiger partial charge in [-0.3, -0.25) is 0 Å². The van der Waals surface area contributed by atoms with Crippen molar-refractivity contribution in [1.29, 1.82) is 0 Å². The molecule has 20 heavy (non-hydrogen) atoms. The molecule has 0 aliphatic heterocycles. The quantitative estimate of drug-likeness (QED) is 0.727. The zero-order valence-electron chi connectivity index (χ0n) is 11.6. The molecule has 0 radical (unpaired) electrons. The second-order valence-corrected chi connectivity index (χ2v) is 5.38. The van der Waals surface area contributed by atoms with Crippen LogP contribution in [0.2, 0.25) is 0 Å². The molecule has 0 unspecified atom stereocenters. The third kappa shape index (κ3) is 4.49. The Morgan fingerprint density at radius 1 is 1.10 bits per heavy atom. The van der Waals surface area contributed by atoms with Gasteiger partial charge in [0.25, 0.3) is 0 Å². The van der Waals surface area contributed by atoms with Gasteiger partial charge in [0.05, 0.1) is 5.69 Å². The summed E-state index contributed by atoms with van der Waals surface area (Å²) in [5.74, 6) is 1.63. The van der Waals surface area contributed by atoms with E-state index in [1.807, 2.05) is 30.3 Å². The number of para-hydroxylation sites is 1. The first kappa shape index (κ1) is 14.8. The molecule has 1 aromatic carbocycles. The number of hydrogen-bond donors (Lipinski definition) is 2. The van der Waals surface area contributed by atoms with Gasteiger partial charge in [0, 0.05) is 17.1 Å². The highest BCUT2D eigenvalue weighted by Gasteiger charge is 2.02. The van der Waals surface area contributed by atoms with Gasteiger partial charge in [-0.05, 0) is 34.5 Å². The zero-order valence-corrected chi connectivity index (χ0v) is 13.2. The second kappa shape index (κ2) is 7.85. The first-order valence-corrected chi connectivity index (χ1v) is 7.66. The van der Waals surface area contributed by atoms with Crippen LogP contribution in [0.25, 0.3) is 0 Å². The number of aromatic nitrogens is 2. The van der Waals surface area contributed by atoms with Crippen molar-refractivity contribution in [2.75, 3.05) is 17.2 Å². The van der Waals surface area contributed by atoms with Gasteiger partial charge in [-0.25, -0.2) is 9.97 Å². The minimum Gasteiger partial charge on any atom is -0.370 e. The standard InChI is InChI=1S/C15H19BrN4/c1-2-3-6-9-17-14-10-15(19-11-18-14)20-13-8-5-4-7-12(13)16/h4-5,7-8,10-11H,2-3,6,9H2,1H3,(H2,17,18,19,20). The summed E-state index contributed by atoms with van der Waals surface area (Å²) in [5.41, 5.74) is 0.989. The number of rotatable bonds is 7. The highest BCUT2D eigenvalue weighted by molar-refractivity contribution is 9.10. The van der Waals surface area contributed by atoms with Crippen LogP contribution in [0.4, 0.5) is 17.3 Å². The summed E-state index contributed by atoms with van der Waals surface area (Å²) in [5, 5.41) is 6.59. The lowest BCUT2D eigenvalue weighted by Gasteiger charge is -2.09. The van der Waals surface area contributed by atoms with Crippen LogP contribution >= 0.6 is 15.9 Å².